The van der Waals surface area contributed by atoms with Crippen molar-refractivity contribution in [3.05, 3.63) is 96.8 Å². The Labute approximate surface area is 170 Å². The van der Waals surface area contributed by atoms with Crippen molar-refractivity contribution in [2.45, 2.75) is 19.8 Å². The first-order valence-corrected chi connectivity index (χ1v) is 10.1. The number of nitrogens with zero attached hydrogens (tertiary/aromatic N) is 2. The van der Waals surface area contributed by atoms with Crippen LogP contribution in [0.4, 0.5) is 0 Å². The minimum Gasteiger partial charge on any atom is -0.233 e. The van der Waals surface area contributed by atoms with E-state index in [2.05, 4.69) is 92.7 Å². The first-order chi connectivity index (χ1) is 14.2. The SMILES string of the molecule is CC(C)c1nc(-c2ccc(-c3ccc4ccccc4c3)cc2)c2ccccc2n1. The smallest absolute Gasteiger partial charge is 0.132 e. The fourth-order valence-electron chi connectivity index (χ4n) is 3.76. The van der Waals surface area contributed by atoms with Crippen molar-refractivity contribution in [2.24, 2.45) is 0 Å². The van der Waals surface area contributed by atoms with Crippen molar-refractivity contribution < 1.29 is 0 Å². The number of rotatable bonds is 3. The second kappa shape index (κ2) is 7.14. The molecule has 1 aromatic heterocycles. The Hall–Kier alpha value is -3.52. The van der Waals surface area contributed by atoms with Gasteiger partial charge in [-0.25, -0.2) is 9.97 Å². The van der Waals surface area contributed by atoms with Crippen LogP contribution in [-0.4, -0.2) is 9.97 Å². The summed E-state index contributed by atoms with van der Waals surface area (Å²) in [5.74, 6) is 1.17. The summed E-state index contributed by atoms with van der Waals surface area (Å²) in [6, 6.07) is 32.1. The number of hydrogen-bond donors (Lipinski definition) is 0. The Bertz CT molecular complexity index is 1320. The lowest BCUT2D eigenvalue weighted by molar-refractivity contribution is 0.784. The van der Waals surface area contributed by atoms with E-state index in [0.29, 0.717) is 0 Å². The van der Waals surface area contributed by atoms with E-state index in [4.69, 9.17) is 9.97 Å². The lowest BCUT2D eigenvalue weighted by Crippen LogP contribution is -2.00. The van der Waals surface area contributed by atoms with Crippen LogP contribution in [0.1, 0.15) is 25.6 Å². The molecule has 0 bridgehead atoms. The molecule has 29 heavy (non-hydrogen) atoms. The quantitative estimate of drug-likeness (QED) is 0.332. The van der Waals surface area contributed by atoms with Gasteiger partial charge in [-0.05, 0) is 34.0 Å². The average Bonchev–Trinajstić information content (AvgIpc) is 2.78. The normalized spacial score (nSPS) is 11.4. The van der Waals surface area contributed by atoms with Gasteiger partial charge in [0.05, 0.1) is 11.2 Å². The molecule has 1 heterocycles. The van der Waals surface area contributed by atoms with Gasteiger partial charge in [-0.3, -0.25) is 0 Å². The molecule has 0 fully saturated rings. The molecule has 0 atom stereocenters. The summed E-state index contributed by atoms with van der Waals surface area (Å²) in [7, 11) is 0. The van der Waals surface area contributed by atoms with E-state index in [1.807, 2.05) is 12.1 Å². The molecule has 5 aromatic rings. The first kappa shape index (κ1) is 17.6. The minimum absolute atomic E-state index is 0.287. The third kappa shape index (κ3) is 3.27. The minimum atomic E-state index is 0.287. The summed E-state index contributed by atoms with van der Waals surface area (Å²) < 4.78 is 0. The van der Waals surface area contributed by atoms with Gasteiger partial charge in [0.1, 0.15) is 5.82 Å². The molecule has 0 aliphatic heterocycles. The molecule has 2 nitrogen and oxygen atoms in total. The summed E-state index contributed by atoms with van der Waals surface area (Å²) in [6.45, 7) is 4.27. The number of benzene rings is 4. The molecule has 0 saturated carbocycles. The van der Waals surface area contributed by atoms with Crippen LogP contribution in [0.5, 0.6) is 0 Å². The third-order valence-corrected chi connectivity index (χ3v) is 5.38. The van der Waals surface area contributed by atoms with E-state index in [0.717, 1.165) is 28.0 Å². The van der Waals surface area contributed by atoms with E-state index in [1.54, 1.807) is 0 Å². The van der Waals surface area contributed by atoms with Gasteiger partial charge in [-0.15, -0.1) is 0 Å². The Morgan fingerprint density at radius 1 is 0.586 bits per heavy atom. The fourth-order valence-corrected chi connectivity index (χ4v) is 3.76. The molecule has 0 aliphatic rings. The summed E-state index contributed by atoms with van der Waals surface area (Å²) >= 11 is 0. The lowest BCUT2D eigenvalue weighted by Gasteiger charge is -2.11. The molecule has 140 valence electrons. The van der Waals surface area contributed by atoms with E-state index in [-0.39, 0.29) is 5.92 Å². The number of hydrogen-bond acceptors (Lipinski definition) is 2. The maximum Gasteiger partial charge on any atom is 0.132 e. The van der Waals surface area contributed by atoms with Gasteiger partial charge in [-0.1, -0.05) is 92.7 Å². The predicted molar refractivity (Wildman–Crippen MR) is 122 cm³/mol. The topological polar surface area (TPSA) is 25.8 Å². The van der Waals surface area contributed by atoms with E-state index >= 15 is 0 Å². The Kier molecular flexibility index (Phi) is 4.33. The van der Waals surface area contributed by atoms with Gasteiger partial charge >= 0.3 is 0 Å². The van der Waals surface area contributed by atoms with Crippen LogP contribution in [0.15, 0.2) is 91.0 Å². The number of para-hydroxylation sites is 1. The largest absolute Gasteiger partial charge is 0.233 e. The van der Waals surface area contributed by atoms with Gasteiger partial charge in [0.25, 0.3) is 0 Å². The van der Waals surface area contributed by atoms with Crippen molar-refractivity contribution in [2.75, 3.05) is 0 Å². The first-order valence-electron chi connectivity index (χ1n) is 10.1. The van der Waals surface area contributed by atoms with Gasteiger partial charge in [-0.2, -0.15) is 0 Å². The van der Waals surface area contributed by atoms with Crippen molar-refractivity contribution in [3.8, 4) is 22.4 Å². The van der Waals surface area contributed by atoms with Crippen LogP contribution in [0, 0.1) is 0 Å². The van der Waals surface area contributed by atoms with Crippen LogP contribution in [0.25, 0.3) is 44.1 Å². The summed E-state index contributed by atoms with van der Waals surface area (Å²) in [4.78, 5) is 9.65. The molecular formula is C27H22N2. The second-order valence-electron chi connectivity index (χ2n) is 7.74. The van der Waals surface area contributed by atoms with Crippen molar-refractivity contribution in [3.63, 3.8) is 0 Å². The molecule has 0 spiro atoms. The molecule has 0 radical (unpaired) electrons. The van der Waals surface area contributed by atoms with E-state index in [9.17, 15) is 0 Å². The molecule has 0 amide bonds. The summed E-state index contributed by atoms with van der Waals surface area (Å²) in [6.07, 6.45) is 0. The van der Waals surface area contributed by atoms with E-state index in [1.165, 1.54) is 21.9 Å². The van der Waals surface area contributed by atoms with Crippen molar-refractivity contribution in [1.82, 2.24) is 9.97 Å². The molecule has 4 aromatic carbocycles. The highest BCUT2D eigenvalue weighted by Crippen LogP contribution is 2.30. The fraction of sp³-hybridized carbons (Fsp3) is 0.111. The van der Waals surface area contributed by atoms with Crippen LogP contribution >= 0.6 is 0 Å². The predicted octanol–water partition coefficient (Wildman–Crippen LogP) is 7.24. The third-order valence-electron chi connectivity index (χ3n) is 5.38. The molecule has 0 aliphatic carbocycles. The highest BCUT2D eigenvalue weighted by molar-refractivity contribution is 5.93. The maximum atomic E-state index is 4.90. The van der Waals surface area contributed by atoms with Crippen molar-refractivity contribution in [1.29, 1.82) is 0 Å². The van der Waals surface area contributed by atoms with Crippen LogP contribution in [0.2, 0.25) is 0 Å². The molecule has 0 saturated heterocycles. The highest BCUT2D eigenvalue weighted by atomic mass is 14.9. The maximum absolute atomic E-state index is 4.90. The lowest BCUT2D eigenvalue weighted by atomic mass is 9.98. The van der Waals surface area contributed by atoms with Crippen LogP contribution in [0.3, 0.4) is 0 Å². The standard InChI is InChI=1S/C27H22N2/c1-18(2)27-28-25-10-6-5-9-24(25)26(29-27)21-14-11-20(12-15-21)23-16-13-19-7-3-4-8-22(19)17-23/h3-18H,1-2H3. The molecule has 0 N–H and O–H groups in total. The Morgan fingerprint density at radius 3 is 2.03 bits per heavy atom. The highest BCUT2D eigenvalue weighted by Gasteiger charge is 2.12. The number of fused-ring (bicyclic) bond motifs is 2. The summed E-state index contributed by atoms with van der Waals surface area (Å²) in [5, 5.41) is 3.62. The van der Waals surface area contributed by atoms with E-state index < -0.39 is 0 Å². The molecule has 5 rings (SSSR count). The zero-order valence-corrected chi connectivity index (χ0v) is 16.6. The number of aromatic nitrogens is 2. The summed E-state index contributed by atoms with van der Waals surface area (Å²) in [5.41, 5.74) is 5.56. The molecule has 0 unspecified atom stereocenters. The van der Waals surface area contributed by atoms with Crippen molar-refractivity contribution >= 4 is 21.7 Å². The zero-order chi connectivity index (χ0) is 19.8. The zero-order valence-electron chi connectivity index (χ0n) is 16.6. The molecular weight excluding hydrogens is 352 g/mol. The monoisotopic (exact) mass is 374 g/mol. The second-order valence-corrected chi connectivity index (χ2v) is 7.74. The Balaban J connectivity index is 1.59. The van der Waals surface area contributed by atoms with Gasteiger partial charge in [0.2, 0.25) is 0 Å². The van der Waals surface area contributed by atoms with Gasteiger partial charge in [0.15, 0.2) is 0 Å². The molecule has 2 heteroatoms. The average molecular weight is 374 g/mol. The van der Waals surface area contributed by atoms with Crippen LogP contribution < -0.4 is 0 Å². The Morgan fingerprint density at radius 2 is 1.24 bits per heavy atom. The van der Waals surface area contributed by atoms with Crippen LogP contribution in [-0.2, 0) is 0 Å². The van der Waals surface area contributed by atoms with Gasteiger partial charge < -0.3 is 0 Å². The van der Waals surface area contributed by atoms with Gasteiger partial charge in [0, 0.05) is 16.9 Å².